The number of likely N-dealkylation sites (tertiary alicyclic amines) is 1. The van der Waals surface area contributed by atoms with Gasteiger partial charge >= 0.3 is 0 Å². The van der Waals surface area contributed by atoms with Gasteiger partial charge in [0.05, 0.1) is 11.9 Å². The summed E-state index contributed by atoms with van der Waals surface area (Å²) in [5.41, 5.74) is 1.39. The van der Waals surface area contributed by atoms with Crippen molar-refractivity contribution >= 4 is 5.91 Å². The van der Waals surface area contributed by atoms with Gasteiger partial charge < -0.3 is 9.47 Å². The van der Waals surface area contributed by atoms with Crippen LogP contribution in [-0.2, 0) is 6.54 Å². The molecular formula is C21H28N6O. The maximum atomic E-state index is 13.2. The second-order valence-electron chi connectivity index (χ2n) is 8.99. The highest BCUT2D eigenvalue weighted by atomic mass is 16.2. The van der Waals surface area contributed by atoms with Crippen molar-refractivity contribution in [3.05, 3.63) is 35.9 Å². The van der Waals surface area contributed by atoms with Crippen molar-refractivity contribution in [2.75, 3.05) is 13.1 Å². The van der Waals surface area contributed by atoms with Gasteiger partial charge in [-0.05, 0) is 43.9 Å². The van der Waals surface area contributed by atoms with Crippen LogP contribution >= 0.6 is 0 Å². The Kier molecular flexibility index (Phi) is 4.40. The standard InChI is InChI=1S/C21H28N6O/c1-15-9-23-18(10-22-15)20(28)26-12-17(21(13-26)7-3-2-4-8-21)19-25-24-14-27(19)11-16-5-6-16/h9-10,14,16-17H,2-8,11-13H2,1H3. The second-order valence-corrected chi connectivity index (χ2v) is 8.99. The van der Waals surface area contributed by atoms with Crippen LogP contribution in [0.1, 0.15) is 72.9 Å². The summed E-state index contributed by atoms with van der Waals surface area (Å²) in [6.45, 7) is 4.41. The van der Waals surface area contributed by atoms with E-state index in [0.717, 1.165) is 43.4 Å². The summed E-state index contributed by atoms with van der Waals surface area (Å²) in [5.74, 6) is 2.11. The Morgan fingerprint density at radius 1 is 1.18 bits per heavy atom. The van der Waals surface area contributed by atoms with E-state index in [2.05, 4.69) is 24.7 Å². The molecule has 28 heavy (non-hydrogen) atoms. The van der Waals surface area contributed by atoms with Crippen molar-refractivity contribution < 1.29 is 4.79 Å². The molecule has 0 N–H and O–H groups in total. The molecule has 2 aromatic heterocycles. The molecule has 0 radical (unpaired) electrons. The summed E-state index contributed by atoms with van der Waals surface area (Å²) >= 11 is 0. The van der Waals surface area contributed by atoms with Gasteiger partial charge in [0.25, 0.3) is 5.91 Å². The van der Waals surface area contributed by atoms with Gasteiger partial charge in [-0.2, -0.15) is 0 Å². The molecule has 5 rings (SSSR count). The van der Waals surface area contributed by atoms with E-state index in [9.17, 15) is 4.79 Å². The Morgan fingerprint density at radius 2 is 2.00 bits per heavy atom. The van der Waals surface area contributed by atoms with E-state index < -0.39 is 0 Å². The van der Waals surface area contributed by atoms with Crippen molar-refractivity contribution in [1.82, 2.24) is 29.6 Å². The SMILES string of the molecule is Cc1cnc(C(=O)N2CC(c3nncn3CC3CC3)C3(CCCCC3)C2)cn1. The summed E-state index contributed by atoms with van der Waals surface area (Å²) in [7, 11) is 0. The molecular weight excluding hydrogens is 352 g/mol. The van der Waals surface area contributed by atoms with Crippen LogP contribution in [0.3, 0.4) is 0 Å². The third-order valence-electron chi connectivity index (χ3n) is 6.89. The molecule has 3 heterocycles. The lowest BCUT2D eigenvalue weighted by Crippen LogP contribution is -2.35. The number of hydrogen-bond acceptors (Lipinski definition) is 5. The van der Waals surface area contributed by atoms with Gasteiger partial charge in [-0.25, -0.2) is 4.98 Å². The van der Waals surface area contributed by atoms with Crippen LogP contribution in [-0.4, -0.2) is 48.6 Å². The van der Waals surface area contributed by atoms with Crippen molar-refractivity contribution in [2.45, 2.75) is 64.3 Å². The summed E-state index contributed by atoms with van der Waals surface area (Å²) in [4.78, 5) is 23.7. The highest BCUT2D eigenvalue weighted by Gasteiger charge is 2.51. The molecule has 1 aliphatic heterocycles. The number of carbonyl (C=O) groups is 1. The average Bonchev–Trinajstić information content (AvgIpc) is 3.30. The van der Waals surface area contributed by atoms with Crippen LogP contribution in [0.2, 0.25) is 0 Å². The average molecular weight is 380 g/mol. The molecule has 1 amide bonds. The molecule has 7 nitrogen and oxygen atoms in total. The first-order valence-corrected chi connectivity index (χ1v) is 10.6. The fraction of sp³-hybridized carbons (Fsp3) is 0.667. The Bertz CT molecular complexity index is 850. The van der Waals surface area contributed by atoms with Gasteiger partial charge in [0.1, 0.15) is 17.8 Å². The van der Waals surface area contributed by atoms with Gasteiger partial charge in [0.2, 0.25) is 0 Å². The molecule has 7 heteroatoms. The fourth-order valence-corrected chi connectivity index (χ4v) is 5.16. The highest BCUT2D eigenvalue weighted by molar-refractivity contribution is 5.92. The van der Waals surface area contributed by atoms with Crippen molar-refractivity contribution in [3.8, 4) is 0 Å². The molecule has 148 valence electrons. The number of nitrogens with zero attached hydrogens (tertiary/aromatic N) is 6. The summed E-state index contributed by atoms with van der Waals surface area (Å²) < 4.78 is 2.26. The van der Waals surface area contributed by atoms with Gasteiger partial charge in [0.15, 0.2) is 0 Å². The predicted molar refractivity (Wildman–Crippen MR) is 104 cm³/mol. The normalized spacial score (nSPS) is 24.0. The topological polar surface area (TPSA) is 76.8 Å². The van der Waals surface area contributed by atoms with Crippen molar-refractivity contribution in [2.24, 2.45) is 11.3 Å². The molecule has 0 aromatic carbocycles. The zero-order valence-electron chi connectivity index (χ0n) is 16.5. The van der Waals surface area contributed by atoms with E-state index in [1.165, 1.54) is 32.1 Å². The summed E-state index contributed by atoms with van der Waals surface area (Å²) in [5, 5.41) is 8.80. The minimum Gasteiger partial charge on any atom is -0.336 e. The van der Waals surface area contributed by atoms with Crippen LogP contribution in [0, 0.1) is 18.3 Å². The highest BCUT2D eigenvalue weighted by Crippen LogP contribution is 2.52. The van der Waals surface area contributed by atoms with Gasteiger partial charge in [-0.1, -0.05) is 19.3 Å². The first-order valence-electron chi connectivity index (χ1n) is 10.6. The molecule has 0 bridgehead atoms. The van der Waals surface area contributed by atoms with Crippen molar-refractivity contribution in [3.63, 3.8) is 0 Å². The summed E-state index contributed by atoms with van der Waals surface area (Å²) in [6.07, 6.45) is 13.9. The Morgan fingerprint density at radius 3 is 2.71 bits per heavy atom. The van der Waals surface area contributed by atoms with Crippen LogP contribution < -0.4 is 0 Å². The smallest absolute Gasteiger partial charge is 0.274 e. The van der Waals surface area contributed by atoms with E-state index in [1.807, 2.05) is 18.2 Å². The molecule has 1 spiro atoms. The number of aryl methyl sites for hydroxylation is 1. The molecule has 1 atom stereocenters. The second kappa shape index (κ2) is 6.94. The van der Waals surface area contributed by atoms with Crippen LogP contribution in [0.25, 0.3) is 0 Å². The van der Waals surface area contributed by atoms with Crippen LogP contribution in [0.15, 0.2) is 18.7 Å². The molecule has 1 unspecified atom stereocenters. The van der Waals surface area contributed by atoms with Gasteiger partial charge in [-0.3, -0.25) is 9.78 Å². The first-order chi connectivity index (χ1) is 13.6. The van der Waals surface area contributed by atoms with Gasteiger partial charge in [-0.15, -0.1) is 10.2 Å². The zero-order valence-corrected chi connectivity index (χ0v) is 16.5. The minimum absolute atomic E-state index is 0.00629. The third-order valence-corrected chi connectivity index (χ3v) is 6.89. The third kappa shape index (κ3) is 3.20. The maximum absolute atomic E-state index is 13.2. The zero-order chi connectivity index (χ0) is 19.1. The maximum Gasteiger partial charge on any atom is 0.274 e. The lowest BCUT2D eigenvalue weighted by molar-refractivity contribution is 0.0752. The Labute approximate surface area is 165 Å². The monoisotopic (exact) mass is 380 g/mol. The van der Waals surface area contributed by atoms with E-state index in [1.54, 1.807) is 12.4 Å². The molecule has 3 fully saturated rings. The Hall–Kier alpha value is -2.31. The molecule has 1 saturated heterocycles. The molecule has 3 aliphatic rings. The lowest BCUT2D eigenvalue weighted by atomic mass is 9.67. The molecule has 2 aliphatic carbocycles. The number of aromatic nitrogens is 5. The predicted octanol–water partition coefficient (Wildman–Crippen LogP) is 2.98. The van der Waals surface area contributed by atoms with Crippen molar-refractivity contribution in [1.29, 1.82) is 0 Å². The van der Waals surface area contributed by atoms with E-state index in [-0.39, 0.29) is 17.2 Å². The lowest BCUT2D eigenvalue weighted by Gasteiger charge is -2.37. The van der Waals surface area contributed by atoms with Crippen LogP contribution in [0.4, 0.5) is 0 Å². The molecule has 2 aromatic rings. The minimum atomic E-state index is -0.00629. The van der Waals surface area contributed by atoms with E-state index >= 15 is 0 Å². The number of amides is 1. The first kappa shape index (κ1) is 17.8. The fourth-order valence-electron chi connectivity index (χ4n) is 5.16. The van der Waals surface area contributed by atoms with E-state index in [4.69, 9.17) is 0 Å². The van der Waals surface area contributed by atoms with Gasteiger partial charge in [0, 0.05) is 31.7 Å². The number of rotatable bonds is 4. The van der Waals surface area contributed by atoms with Crippen LogP contribution in [0.5, 0.6) is 0 Å². The quantitative estimate of drug-likeness (QED) is 0.815. The summed E-state index contributed by atoms with van der Waals surface area (Å²) in [6, 6.07) is 0. The number of hydrogen-bond donors (Lipinski definition) is 0. The number of carbonyl (C=O) groups excluding carboxylic acids is 1. The molecule has 2 saturated carbocycles. The largest absolute Gasteiger partial charge is 0.336 e. The van der Waals surface area contributed by atoms with E-state index in [0.29, 0.717) is 12.2 Å². The Balaban J connectivity index is 1.44.